The minimum atomic E-state index is -4.99. The second-order valence-corrected chi connectivity index (χ2v) is 8.92. The topological polar surface area (TPSA) is 35.9 Å². The van der Waals surface area contributed by atoms with E-state index in [0.717, 1.165) is 43.9 Å². The number of hydrogen-bond donors (Lipinski definition) is 0. The molecule has 1 saturated heterocycles. The predicted molar refractivity (Wildman–Crippen MR) is 113 cm³/mol. The summed E-state index contributed by atoms with van der Waals surface area (Å²) in [5.74, 6) is -0.336. The van der Waals surface area contributed by atoms with Crippen LogP contribution in [0, 0.1) is 0 Å². The number of thioether (sulfide) groups is 1. The summed E-state index contributed by atoms with van der Waals surface area (Å²) in [4.78, 5) is 20.1. The third kappa shape index (κ3) is 5.52. The zero-order valence-corrected chi connectivity index (χ0v) is 18.6. The maximum atomic E-state index is 13.3. The van der Waals surface area contributed by atoms with Crippen molar-refractivity contribution in [1.29, 1.82) is 0 Å². The highest BCUT2D eigenvalue weighted by Gasteiger charge is 2.41. The van der Waals surface area contributed by atoms with Gasteiger partial charge in [0.25, 0.3) is 0 Å². The molecule has 0 N–H and O–H groups in total. The van der Waals surface area contributed by atoms with Gasteiger partial charge in [0.15, 0.2) is 5.17 Å². The molecule has 3 rings (SSSR count). The lowest BCUT2D eigenvalue weighted by Gasteiger charge is -2.35. The van der Waals surface area contributed by atoms with Gasteiger partial charge in [0.1, 0.15) is 6.17 Å². The Hall–Kier alpha value is -1.91. The Morgan fingerprint density at radius 2 is 1.62 bits per heavy atom. The molecule has 1 unspecified atom stereocenters. The number of aliphatic imine (C=N–C) groups is 1. The van der Waals surface area contributed by atoms with Crippen LogP contribution in [0.4, 0.5) is 32.0 Å². The van der Waals surface area contributed by atoms with Crippen molar-refractivity contribution in [1.82, 2.24) is 4.90 Å². The minimum Gasteiger partial charge on any atom is -0.330 e. The van der Waals surface area contributed by atoms with Crippen molar-refractivity contribution < 1.29 is 31.1 Å². The summed E-state index contributed by atoms with van der Waals surface area (Å²) in [6.07, 6.45) is -5.49. The highest BCUT2D eigenvalue weighted by molar-refractivity contribution is 8.14. The van der Waals surface area contributed by atoms with E-state index < -0.39 is 41.2 Å². The van der Waals surface area contributed by atoms with Crippen molar-refractivity contribution in [2.24, 2.45) is 4.99 Å². The number of anilines is 1. The third-order valence-corrected chi connectivity index (χ3v) is 6.73. The molecule has 1 atom stereocenters. The van der Waals surface area contributed by atoms with Gasteiger partial charge in [0.2, 0.25) is 5.91 Å². The number of rotatable bonds is 4. The van der Waals surface area contributed by atoms with Crippen LogP contribution in [0.25, 0.3) is 0 Å². The molecule has 1 heterocycles. The Morgan fingerprint density at radius 1 is 1.06 bits per heavy atom. The summed E-state index contributed by atoms with van der Waals surface area (Å²) in [5.41, 5.74) is -3.32. The molecule has 2 aliphatic rings. The largest absolute Gasteiger partial charge is 0.416 e. The first-order valence-corrected chi connectivity index (χ1v) is 11.5. The van der Waals surface area contributed by atoms with Crippen molar-refractivity contribution in [3.05, 3.63) is 29.3 Å². The summed E-state index contributed by atoms with van der Waals surface area (Å²) in [7, 11) is 0. The zero-order chi connectivity index (χ0) is 23.7. The van der Waals surface area contributed by atoms with Crippen molar-refractivity contribution in [2.75, 3.05) is 17.2 Å². The first-order valence-electron chi connectivity index (χ1n) is 10.5. The lowest BCUT2D eigenvalue weighted by molar-refractivity contribution is -0.143. The normalized spacial score (nSPS) is 21.9. The molecule has 32 heavy (non-hydrogen) atoms. The fraction of sp³-hybridized carbons (Fsp3) is 0.619. The van der Waals surface area contributed by atoms with Gasteiger partial charge in [-0.1, -0.05) is 31.0 Å². The van der Waals surface area contributed by atoms with Gasteiger partial charge < -0.3 is 4.90 Å². The molecule has 1 aliphatic carbocycles. The monoisotopic (exact) mass is 481 g/mol. The Bertz CT molecular complexity index is 832. The van der Waals surface area contributed by atoms with E-state index in [4.69, 9.17) is 4.99 Å². The molecule has 0 radical (unpaired) electrons. The number of amides is 1. The molecule has 1 aliphatic heterocycles. The first-order chi connectivity index (χ1) is 14.9. The lowest BCUT2D eigenvalue weighted by atomic mass is 9.96. The van der Waals surface area contributed by atoms with E-state index in [9.17, 15) is 31.1 Å². The fourth-order valence-corrected chi connectivity index (χ4v) is 5.40. The number of carbonyl (C=O) groups excluding carboxylic acids is 1. The first kappa shape index (κ1) is 24.7. The van der Waals surface area contributed by atoms with E-state index >= 15 is 0 Å². The number of carbonyl (C=O) groups is 1. The maximum Gasteiger partial charge on any atom is 0.416 e. The van der Waals surface area contributed by atoms with Crippen LogP contribution in [-0.4, -0.2) is 40.5 Å². The number of hydrogen-bond acceptors (Lipinski definition) is 3. The van der Waals surface area contributed by atoms with Crippen LogP contribution in [0.3, 0.4) is 0 Å². The van der Waals surface area contributed by atoms with Crippen LogP contribution in [0.2, 0.25) is 0 Å². The van der Waals surface area contributed by atoms with Crippen molar-refractivity contribution in [2.45, 2.75) is 70.5 Å². The van der Waals surface area contributed by atoms with Crippen LogP contribution in [0.5, 0.6) is 0 Å². The van der Waals surface area contributed by atoms with E-state index in [-0.39, 0.29) is 12.1 Å². The molecule has 11 heteroatoms. The summed E-state index contributed by atoms with van der Waals surface area (Å²) in [6.45, 7) is 3.38. The van der Waals surface area contributed by atoms with E-state index in [0.29, 0.717) is 29.6 Å². The fourth-order valence-electron chi connectivity index (χ4n) is 4.13. The van der Waals surface area contributed by atoms with Crippen LogP contribution in [0.1, 0.15) is 57.1 Å². The maximum absolute atomic E-state index is 13.3. The molecule has 1 aromatic rings. The SMILES string of the molecule is CCN1C(=NC2CCCCC2)SCC1N(C(C)=O)c1cc(C(F)(F)F)cc(C(F)(F)F)c1. The Balaban J connectivity index is 2.01. The number of halogens is 6. The van der Waals surface area contributed by atoms with Crippen LogP contribution in [0.15, 0.2) is 23.2 Å². The van der Waals surface area contributed by atoms with Gasteiger partial charge in [0.05, 0.1) is 17.2 Å². The van der Waals surface area contributed by atoms with E-state index in [1.807, 2.05) is 6.92 Å². The molecule has 2 fully saturated rings. The number of nitrogens with zero attached hydrogens (tertiary/aromatic N) is 3. The van der Waals surface area contributed by atoms with Crippen molar-refractivity contribution in [3.8, 4) is 0 Å². The van der Waals surface area contributed by atoms with Crippen LogP contribution in [-0.2, 0) is 17.1 Å². The molecule has 4 nitrogen and oxygen atoms in total. The number of benzene rings is 1. The number of amidine groups is 1. The smallest absolute Gasteiger partial charge is 0.330 e. The summed E-state index contributed by atoms with van der Waals surface area (Å²) >= 11 is 1.37. The van der Waals surface area contributed by atoms with Gasteiger partial charge in [-0.2, -0.15) is 26.3 Å². The molecule has 0 bridgehead atoms. The van der Waals surface area contributed by atoms with Crippen LogP contribution >= 0.6 is 11.8 Å². The quantitative estimate of drug-likeness (QED) is 0.483. The van der Waals surface area contributed by atoms with Gasteiger partial charge in [-0.3, -0.25) is 14.7 Å². The van der Waals surface area contributed by atoms with Crippen molar-refractivity contribution >= 4 is 28.5 Å². The molecule has 178 valence electrons. The van der Waals surface area contributed by atoms with E-state index in [2.05, 4.69) is 0 Å². The zero-order valence-electron chi connectivity index (χ0n) is 17.8. The average molecular weight is 482 g/mol. The predicted octanol–water partition coefficient (Wildman–Crippen LogP) is 6.16. The number of alkyl halides is 6. The third-order valence-electron chi connectivity index (χ3n) is 5.66. The van der Waals surface area contributed by atoms with Crippen LogP contribution < -0.4 is 4.90 Å². The second kappa shape index (κ2) is 9.52. The highest BCUT2D eigenvalue weighted by Crippen LogP contribution is 2.40. The van der Waals surface area contributed by atoms with E-state index in [1.54, 1.807) is 4.90 Å². The van der Waals surface area contributed by atoms with Crippen molar-refractivity contribution in [3.63, 3.8) is 0 Å². The molecule has 0 spiro atoms. The van der Waals surface area contributed by atoms with Gasteiger partial charge in [-0.25, -0.2) is 0 Å². The van der Waals surface area contributed by atoms with E-state index in [1.165, 1.54) is 11.8 Å². The average Bonchev–Trinajstić information content (AvgIpc) is 3.09. The molecule has 0 aromatic heterocycles. The molecular weight excluding hydrogens is 456 g/mol. The summed E-state index contributed by atoms with van der Waals surface area (Å²) in [6, 6.07) is 1.42. The lowest BCUT2D eigenvalue weighted by Crippen LogP contribution is -2.50. The molecular formula is C21H25F6N3OS. The Labute approximate surface area is 187 Å². The van der Waals surface area contributed by atoms with Gasteiger partial charge in [0, 0.05) is 24.9 Å². The summed E-state index contributed by atoms with van der Waals surface area (Å²) < 4.78 is 80.0. The minimum absolute atomic E-state index is 0.0682. The summed E-state index contributed by atoms with van der Waals surface area (Å²) in [5, 5.41) is 0.679. The van der Waals surface area contributed by atoms with Gasteiger partial charge in [-0.05, 0) is 38.0 Å². The molecule has 1 aromatic carbocycles. The van der Waals surface area contributed by atoms with Gasteiger partial charge in [-0.15, -0.1) is 0 Å². The Morgan fingerprint density at radius 3 is 2.09 bits per heavy atom. The second-order valence-electron chi connectivity index (χ2n) is 7.93. The molecule has 1 saturated carbocycles. The Kier molecular flexibility index (Phi) is 7.36. The van der Waals surface area contributed by atoms with Gasteiger partial charge >= 0.3 is 12.4 Å². The highest BCUT2D eigenvalue weighted by atomic mass is 32.2. The standard InChI is InChI=1S/C21H25F6N3OS/c1-3-29-18(12-32-19(29)28-16-7-5-4-6-8-16)30(13(2)31)17-10-14(20(22,23)24)9-15(11-17)21(25,26)27/h9-11,16,18H,3-8,12H2,1-2H3. The molecule has 1 amide bonds.